The van der Waals surface area contributed by atoms with Gasteiger partial charge in [-0.15, -0.1) is 5.10 Å². The molecular formula is C34H53N15O6. The van der Waals surface area contributed by atoms with E-state index in [-0.39, 0.29) is 75.9 Å². The lowest BCUT2D eigenvalue weighted by atomic mass is 9.92. The highest BCUT2D eigenvalue weighted by molar-refractivity contribution is 5.95. The second-order valence-electron chi connectivity index (χ2n) is 13.8. The largest absolute Gasteiger partial charge is 0.370 e. The first-order valence-electron chi connectivity index (χ1n) is 17.9. The van der Waals surface area contributed by atoms with Crippen LogP contribution in [0.15, 0.2) is 40.4 Å². The van der Waals surface area contributed by atoms with Gasteiger partial charge in [-0.2, -0.15) is 0 Å². The van der Waals surface area contributed by atoms with Crippen LogP contribution in [0, 0.1) is 11.8 Å². The number of carbonyl (C=O) groups is 6. The number of benzene rings is 1. The highest BCUT2D eigenvalue weighted by atomic mass is 16.2. The Bertz CT molecular complexity index is 1720. The number of nitrogens with two attached hydrogens (primary N) is 6. The summed E-state index contributed by atoms with van der Waals surface area (Å²) in [6.45, 7) is 3.50. The quantitative estimate of drug-likeness (QED) is 0.0636. The molecule has 3 rings (SSSR count). The topological polar surface area (TPSA) is 362 Å². The van der Waals surface area contributed by atoms with Gasteiger partial charge < -0.3 is 55.7 Å². The third-order valence-corrected chi connectivity index (χ3v) is 8.56. The number of nitrogens with one attached hydrogen (secondary N) is 4. The van der Waals surface area contributed by atoms with Crippen molar-refractivity contribution in [3.63, 3.8) is 0 Å². The molecule has 1 aliphatic rings. The van der Waals surface area contributed by atoms with Crippen LogP contribution in [0.4, 0.5) is 5.69 Å². The molecule has 0 spiro atoms. The lowest BCUT2D eigenvalue weighted by molar-refractivity contribution is -0.134. The minimum Gasteiger partial charge on any atom is -0.370 e. The molecule has 2 aromatic rings. The van der Waals surface area contributed by atoms with E-state index in [1.54, 1.807) is 24.3 Å². The fraction of sp³-hybridized carbons (Fsp3) is 0.529. The number of guanidine groups is 2. The van der Waals surface area contributed by atoms with Gasteiger partial charge in [0.25, 0.3) is 0 Å². The molecule has 5 amide bonds. The third kappa shape index (κ3) is 15.0. The van der Waals surface area contributed by atoms with Gasteiger partial charge in [0.05, 0.1) is 24.0 Å². The summed E-state index contributed by atoms with van der Waals surface area (Å²) < 4.78 is 1.41. The van der Waals surface area contributed by atoms with Crippen LogP contribution in [0.2, 0.25) is 0 Å². The molecule has 1 aliphatic heterocycles. The Hall–Kier alpha value is -6.12. The maximum atomic E-state index is 13.7. The number of fused-ring (bicyclic) bond motifs is 2. The number of aromatic nitrogens is 3. The van der Waals surface area contributed by atoms with E-state index in [2.05, 4.69) is 41.6 Å². The molecule has 0 radical (unpaired) electrons. The summed E-state index contributed by atoms with van der Waals surface area (Å²) >= 11 is 0. The van der Waals surface area contributed by atoms with Crippen molar-refractivity contribution in [2.45, 2.75) is 89.5 Å². The van der Waals surface area contributed by atoms with Crippen molar-refractivity contribution >= 4 is 52.9 Å². The molecule has 16 N–H and O–H groups in total. The predicted molar refractivity (Wildman–Crippen MR) is 202 cm³/mol. The van der Waals surface area contributed by atoms with Crippen molar-refractivity contribution < 1.29 is 28.8 Å². The lowest BCUT2D eigenvalue weighted by Gasteiger charge is -2.25. The molecule has 21 nitrogen and oxygen atoms in total. The van der Waals surface area contributed by atoms with E-state index < -0.39 is 71.9 Å². The Balaban J connectivity index is 1.95. The zero-order valence-corrected chi connectivity index (χ0v) is 31.1. The average Bonchev–Trinajstić information content (AvgIpc) is 3.56. The van der Waals surface area contributed by atoms with Gasteiger partial charge in [0.2, 0.25) is 29.5 Å². The normalized spacial score (nSPS) is 22.2. The van der Waals surface area contributed by atoms with Gasteiger partial charge in [-0.05, 0) is 55.7 Å². The van der Waals surface area contributed by atoms with Crippen LogP contribution >= 0.6 is 0 Å². The third-order valence-electron chi connectivity index (χ3n) is 8.56. The number of nitrogens with zero attached hydrogens (tertiary/aromatic N) is 5. The Morgan fingerprint density at radius 2 is 1.58 bits per heavy atom. The van der Waals surface area contributed by atoms with Crippen molar-refractivity contribution in [2.75, 3.05) is 13.1 Å². The first-order valence-corrected chi connectivity index (χ1v) is 17.9. The number of Topliss-reactive ketones (excluding diaryl/α,β-unsaturated/α-hetero) is 1. The smallest absolute Gasteiger partial charge is 0.243 e. The highest BCUT2D eigenvalue weighted by Gasteiger charge is 2.31. The van der Waals surface area contributed by atoms with Crippen LogP contribution in [0.25, 0.3) is 0 Å². The highest BCUT2D eigenvalue weighted by Crippen LogP contribution is 2.19. The molecule has 0 fully saturated rings. The van der Waals surface area contributed by atoms with E-state index >= 15 is 0 Å². The van der Waals surface area contributed by atoms with Crippen LogP contribution in [0.1, 0.15) is 57.2 Å². The summed E-state index contributed by atoms with van der Waals surface area (Å²) in [7, 11) is 0. The van der Waals surface area contributed by atoms with Gasteiger partial charge in [0.15, 0.2) is 17.7 Å². The summed E-state index contributed by atoms with van der Waals surface area (Å²) in [5, 5.41) is 18.7. The predicted octanol–water partition coefficient (Wildman–Crippen LogP) is -3.57. The summed E-state index contributed by atoms with van der Waals surface area (Å²) in [5.41, 5.74) is 35.1. The summed E-state index contributed by atoms with van der Waals surface area (Å²) in [6, 6.07) is 2.18. The van der Waals surface area contributed by atoms with Crippen molar-refractivity contribution in [3.8, 4) is 0 Å². The second kappa shape index (κ2) is 20.9. The van der Waals surface area contributed by atoms with Crippen molar-refractivity contribution in [3.05, 3.63) is 41.7 Å². The van der Waals surface area contributed by atoms with Gasteiger partial charge in [0.1, 0.15) is 18.1 Å². The van der Waals surface area contributed by atoms with E-state index in [0.717, 1.165) is 0 Å². The fourth-order valence-corrected chi connectivity index (χ4v) is 5.78. The van der Waals surface area contributed by atoms with E-state index in [0.29, 0.717) is 16.9 Å². The molecule has 300 valence electrons. The van der Waals surface area contributed by atoms with Crippen LogP contribution in [0.5, 0.6) is 0 Å². The van der Waals surface area contributed by atoms with E-state index in [4.69, 9.17) is 34.4 Å². The molecule has 0 aliphatic carbocycles. The maximum absolute atomic E-state index is 13.7. The second-order valence-corrected chi connectivity index (χ2v) is 13.8. The van der Waals surface area contributed by atoms with Gasteiger partial charge in [-0.1, -0.05) is 31.2 Å². The molecule has 21 heteroatoms. The van der Waals surface area contributed by atoms with E-state index in [9.17, 15) is 28.8 Å². The number of rotatable bonds is 10. The number of aliphatic imine (C=N–C) groups is 2. The number of hydrogen-bond acceptors (Lipinski definition) is 11. The number of primary amides is 1. The lowest BCUT2D eigenvalue weighted by Crippen LogP contribution is -2.56. The van der Waals surface area contributed by atoms with Crippen molar-refractivity contribution in [2.24, 2.45) is 56.2 Å². The van der Waals surface area contributed by atoms with Gasteiger partial charge in [0, 0.05) is 38.0 Å². The average molecular weight is 768 g/mol. The molecule has 55 heavy (non-hydrogen) atoms. The SMILES string of the molecule is CC(C)C[C@@H]1NC(=O)C(N)Cc2cn(nn2)CCC(C(N)=O)NC(=O)[C@H](Cc2ccc(N=C(N)N)cc2)CC(=O)CNC(=O)C(CCCN=C(N)N)NC1=O. The monoisotopic (exact) mass is 767 g/mol. The van der Waals surface area contributed by atoms with Crippen molar-refractivity contribution in [1.29, 1.82) is 0 Å². The minimum absolute atomic E-state index is 0.0247. The van der Waals surface area contributed by atoms with Gasteiger partial charge in [-0.25, -0.2) is 4.99 Å². The Morgan fingerprint density at radius 3 is 2.22 bits per heavy atom. The molecular weight excluding hydrogens is 714 g/mol. The summed E-state index contributed by atoms with van der Waals surface area (Å²) in [5.74, 6) is -5.23. The number of ketones is 1. The van der Waals surface area contributed by atoms with E-state index in [1.807, 2.05) is 13.8 Å². The van der Waals surface area contributed by atoms with Crippen molar-refractivity contribution in [1.82, 2.24) is 36.3 Å². The molecule has 5 atom stereocenters. The zero-order chi connectivity index (χ0) is 40.7. The molecule has 0 saturated carbocycles. The van der Waals surface area contributed by atoms with Crippen LogP contribution < -0.4 is 55.7 Å². The molecule has 1 aromatic carbocycles. The molecule has 0 saturated heterocycles. The zero-order valence-electron chi connectivity index (χ0n) is 31.1. The molecule has 2 bridgehead atoms. The number of hydrogen-bond donors (Lipinski definition) is 10. The summed E-state index contributed by atoms with van der Waals surface area (Å²) in [6.07, 6.45) is 1.85. The minimum atomic E-state index is -1.15. The molecule has 3 unspecified atom stereocenters. The number of carbonyl (C=O) groups excluding carboxylic acids is 6. The molecule has 1 aromatic heterocycles. The molecule has 2 heterocycles. The number of amides is 5. The Kier molecular flexibility index (Phi) is 16.5. The number of aryl methyl sites for hydroxylation is 1. The van der Waals surface area contributed by atoms with E-state index in [1.165, 1.54) is 10.9 Å². The summed E-state index contributed by atoms with van der Waals surface area (Å²) in [4.78, 5) is 87.8. The first-order chi connectivity index (χ1) is 26.0. The standard InChI is InChI=1S/C34H53N15O6/c1-18(2)12-27-32(55)45-26(4-3-10-41-33(37)38)31(54)42-16-23(50)14-20(13-19-5-7-21(8-6-19)43-34(39)40)29(52)44-25(28(36)51)9-11-49-17-22(47-48-49)15-24(35)30(53)46-27/h5-8,17-18,20,24-27H,3-4,9-16,35H2,1-2H3,(H2,36,51)(H,42,54)(H,44,52)(H,45,55)(H,46,53)(H4,37,38,41)(H4,39,40,43)/t20-,24?,25?,26?,27+/m1/s1. The van der Waals surface area contributed by atoms with Gasteiger partial charge in [-0.3, -0.25) is 38.4 Å². The first kappa shape index (κ1) is 43.3. The van der Waals surface area contributed by atoms with Crippen LogP contribution in [-0.4, -0.2) is 99.5 Å². The fourth-order valence-electron chi connectivity index (χ4n) is 5.78. The van der Waals surface area contributed by atoms with Gasteiger partial charge >= 0.3 is 0 Å². The Morgan fingerprint density at radius 1 is 0.891 bits per heavy atom. The van der Waals surface area contributed by atoms with Crippen LogP contribution in [0.3, 0.4) is 0 Å². The Labute approximate surface area is 318 Å². The maximum Gasteiger partial charge on any atom is 0.243 e. The van der Waals surface area contributed by atoms with Crippen LogP contribution in [-0.2, 0) is 48.2 Å².